The van der Waals surface area contributed by atoms with E-state index in [0.29, 0.717) is 6.54 Å². The van der Waals surface area contributed by atoms with Crippen molar-refractivity contribution in [2.75, 3.05) is 13.6 Å². The molecule has 1 aliphatic carbocycles. The van der Waals surface area contributed by atoms with E-state index in [2.05, 4.69) is 4.98 Å². The van der Waals surface area contributed by atoms with E-state index in [1.165, 1.54) is 0 Å². The van der Waals surface area contributed by atoms with E-state index in [4.69, 9.17) is 0 Å². The summed E-state index contributed by atoms with van der Waals surface area (Å²) in [4.78, 5) is 18.3. The summed E-state index contributed by atoms with van der Waals surface area (Å²) in [5, 5.41) is 10.7. The number of benzene rings is 1. The molecule has 0 radical (unpaired) electrons. The van der Waals surface area contributed by atoms with Crippen LogP contribution in [0, 0.1) is 5.92 Å². The van der Waals surface area contributed by atoms with Crippen LogP contribution >= 0.6 is 11.3 Å². The second-order valence-corrected chi connectivity index (χ2v) is 6.89. The van der Waals surface area contributed by atoms with Crippen LogP contribution in [0.4, 0.5) is 0 Å². The van der Waals surface area contributed by atoms with Gasteiger partial charge in [0.05, 0.1) is 16.3 Å². The maximum Gasteiger partial charge on any atom is 0.246 e. The van der Waals surface area contributed by atoms with Gasteiger partial charge in [0.2, 0.25) is 5.91 Å². The Morgan fingerprint density at radius 2 is 2.27 bits per heavy atom. The molecule has 1 aromatic heterocycles. The van der Waals surface area contributed by atoms with E-state index in [0.717, 1.165) is 34.5 Å². The minimum Gasteiger partial charge on any atom is -0.393 e. The number of amides is 1. The predicted octanol–water partition coefficient (Wildman–Crippen LogP) is 2.93. The van der Waals surface area contributed by atoms with Crippen molar-refractivity contribution in [1.29, 1.82) is 0 Å². The Balaban J connectivity index is 1.62. The fraction of sp³-hybridized carbons (Fsp3) is 0.412. The lowest BCUT2D eigenvalue weighted by Crippen LogP contribution is -2.33. The number of thiazole rings is 1. The van der Waals surface area contributed by atoms with Crippen LogP contribution in [0.15, 0.2) is 30.3 Å². The number of aliphatic hydroxyl groups is 1. The van der Waals surface area contributed by atoms with Crippen LogP contribution in [-0.2, 0) is 4.79 Å². The van der Waals surface area contributed by atoms with E-state index in [1.807, 2.05) is 24.3 Å². The topological polar surface area (TPSA) is 53.4 Å². The number of hydrogen-bond donors (Lipinski definition) is 1. The highest BCUT2D eigenvalue weighted by molar-refractivity contribution is 7.19. The lowest BCUT2D eigenvalue weighted by atomic mass is 10.1. The Morgan fingerprint density at radius 1 is 1.45 bits per heavy atom. The van der Waals surface area contributed by atoms with Gasteiger partial charge in [-0.1, -0.05) is 18.6 Å². The molecule has 116 valence electrons. The molecule has 0 aliphatic heterocycles. The van der Waals surface area contributed by atoms with Crippen molar-refractivity contribution in [3.8, 4) is 0 Å². The second-order valence-electron chi connectivity index (χ2n) is 5.83. The molecule has 4 nitrogen and oxygen atoms in total. The smallest absolute Gasteiger partial charge is 0.246 e. The maximum atomic E-state index is 12.2. The zero-order chi connectivity index (χ0) is 15.5. The number of fused-ring (bicyclic) bond motifs is 1. The van der Waals surface area contributed by atoms with E-state index < -0.39 is 0 Å². The second kappa shape index (κ2) is 6.58. The van der Waals surface area contributed by atoms with Gasteiger partial charge in [0.15, 0.2) is 0 Å². The van der Waals surface area contributed by atoms with Crippen LogP contribution < -0.4 is 0 Å². The van der Waals surface area contributed by atoms with Crippen LogP contribution in [0.1, 0.15) is 24.3 Å². The van der Waals surface area contributed by atoms with Gasteiger partial charge in [-0.25, -0.2) is 4.98 Å². The van der Waals surface area contributed by atoms with E-state index >= 15 is 0 Å². The van der Waals surface area contributed by atoms with Crippen molar-refractivity contribution in [2.24, 2.45) is 5.92 Å². The van der Waals surface area contributed by atoms with Gasteiger partial charge < -0.3 is 10.0 Å². The third-order valence-electron chi connectivity index (χ3n) is 4.18. The third kappa shape index (κ3) is 3.36. The maximum absolute atomic E-state index is 12.2. The van der Waals surface area contributed by atoms with Crippen LogP contribution in [0.3, 0.4) is 0 Å². The van der Waals surface area contributed by atoms with Crippen molar-refractivity contribution in [2.45, 2.75) is 25.4 Å². The number of rotatable bonds is 4. The molecule has 0 spiro atoms. The normalized spacial score (nSPS) is 21.7. The first-order valence-corrected chi connectivity index (χ1v) is 8.42. The molecule has 3 rings (SSSR count). The summed E-state index contributed by atoms with van der Waals surface area (Å²) in [7, 11) is 1.79. The average Bonchev–Trinajstić information content (AvgIpc) is 3.10. The van der Waals surface area contributed by atoms with Gasteiger partial charge in [-0.3, -0.25) is 4.79 Å². The number of likely N-dealkylation sites (N-methyl/N-ethyl adjacent to an activating group) is 1. The Hall–Kier alpha value is -1.72. The zero-order valence-corrected chi connectivity index (χ0v) is 13.4. The average molecular weight is 316 g/mol. The van der Waals surface area contributed by atoms with Crippen LogP contribution in [0.5, 0.6) is 0 Å². The fourth-order valence-electron chi connectivity index (χ4n) is 2.90. The molecule has 2 atom stereocenters. The lowest BCUT2D eigenvalue weighted by molar-refractivity contribution is -0.125. The monoisotopic (exact) mass is 316 g/mol. The molecular formula is C17H20N2O2S. The number of aliphatic hydroxyl groups excluding tert-OH is 1. The summed E-state index contributed by atoms with van der Waals surface area (Å²) < 4.78 is 1.12. The van der Waals surface area contributed by atoms with Crippen LogP contribution in [0.25, 0.3) is 16.3 Å². The van der Waals surface area contributed by atoms with Gasteiger partial charge in [-0.05, 0) is 31.1 Å². The number of carbonyl (C=O) groups is 1. The SMILES string of the molecule is CN(CC1CCCC1O)C(=O)/C=C/c1nc2ccccc2s1. The highest BCUT2D eigenvalue weighted by Crippen LogP contribution is 2.26. The van der Waals surface area contributed by atoms with Crippen molar-refractivity contribution in [3.05, 3.63) is 35.3 Å². The van der Waals surface area contributed by atoms with E-state index in [9.17, 15) is 9.90 Å². The zero-order valence-electron chi connectivity index (χ0n) is 12.6. The van der Waals surface area contributed by atoms with Gasteiger partial charge in [-0.15, -0.1) is 11.3 Å². The van der Waals surface area contributed by atoms with Gasteiger partial charge >= 0.3 is 0 Å². The Labute approximate surface area is 134 Å². The third-order valence-corrected chi connectivity index (χ3v) is 5.18. The molecule has 2 unspecified atom stereocenters. The van der Waals surface area contributed by atoms with Gasteiger partial charge in [0.1, 0.15) is 5.01 Å². The fourth-order valence-corrected chi connectivity index (χ4v) is 3.77. The summed E-state index contributed by atoms with van der Waals surface area (Å²) in [6.07, 6.45) is 5.99. The van der Waals surface area contributed by atoms with Gasteiger partial charge in [-0.2, -0.15) is 0 Å². The van der Waals surface area contributed by atoms with Crippen molar-refractivity contribution in [1.82, 2.24) is 9.88 Å². The molecule has 1 aromatic carbocycles. The molecule has 0 bridgehead atoms. The molecule has 1 aliphatic rings. The minimum atomic E-state index is -0.261. The molecule has 1 N–H and O–H groups in total. The van der Waals surface area contributed by atoms with Gasteiger partial charge in [0.25, 0.3) is 0 Å². The molecule has 1 saturated carbocycles. The van der Waals surface area contributed by atoms with Gasteiger partial charge in [0, 0.05) is 25.6 Å². The Morgan fingerprint density at radius 3 is 3.00 bits per heavy atom. The number of hydrogen-bond acceptors (Lipinski definition) is 4. The number of carbonyl (C=O) groups excluding carboxylic acids is 1. The van der Waals surface area contributed by atoms with Crippen molar-refractivity contribution < 1.29 is 9.90 Å². The number of para-hydroxylation sites is 1. The van der Waals surface area contributed by atoms with Crippen LogP contribution in [0.2, 0.25) is 0 Å². The summed E-state index contributed by atoms with van der Waals surface area (Å²) in [5.74, 6) is 0.170. The molecular weight excluding hydrogens is 296 g/mol. The summed E-state index contributed by atoms with van der Waals surface area (Å²) in [5.41, 5.74) is 0.960. The van der Waals surface area contributed by atoms with Crippen molar-refractivity contribution >= 4 is 33.5 Å². The first-order valence-electron chi connectivity index (χ1n) is 7.60. The summed E-state index contributed by atoms with van der Waals surface area (Å²) >= 11 is 1.58. The van der Waals surface area contributed by atoms with E-state index in [-0.39, 0.29) is 17.9 Å². The predicted molar refractivity (Wildman–Crippen MR) is 89.6 cm³/mol. The Bertz CT molecular complexity index is 662. The molecule has 5 heteroatoms. The van der Waals surface area contributed by atoms with Crippen molar-refractivity contribution in [3.63, 3.8) is 0 Å². The molecule has 0 saturated heterocycles. The standard InChI is InChI=1S/C17H20N2O2S/c1-19(11-12-5-4-7-14(12)20)17(21)10-9-16-18-13-6-2-3-8-15(13)22-16/h2-3,6,8-10,12,14,20H,4-5,7,11H2,1H3/b10-9+. The quantitative estimate of drug-likeness (QED) is 0.882. The minimum absolute atomic E-state index is 0.0432. The van der Waals surface area contributed by atoms with E-state index in [1.54, 1.807) is 35.4 Å². The largest absolute Gasteiger partial charge is 0.393 e. The number of nitrogens with zero attached hydrogens (tertiary/aromatic N) is 2. The Kier molecular flexibility index (Phi) is 4.55. The molecule has 1 amide bonds. The van der Waals surface area contributed by atoms with Crippen LogP contribution in [-0.4, -0.2) is 40.6 Å². The highest BCUT2D eigenvalue weighted by Gasteiger charge is 2.26. The molecule has 22 heavy (non-hydrogen) atoms. The molecule has 1 fully saturated rings. The molecule has 1 heterocycles. The summed E-state index contributed by atoms with van der Waals surface area (Å²) in [6, 6.07) is 7.94. The number of aromatic nitrogens is 1. The lowest BCUT2D eigenvalue weighted by Gasteiger charge is -2.22. The molecule has 2 aromatic rings. The first-order chi connectivity index (χ1) is 10.6. The highest BCUT2D eigenvalue weighted by atomic mass is 32.1. The summed E-state index contributed by atoms with van der Waals surface area (Å²) in [6.45, 7) is 0.615. The first kappa shape index (κ1) is 15.2.